The maximum Gasteiger partial charge on any atom is 0.410 e. The minimum Gasteiger partial charge on any atom is -0.480 e. The molecule has 1 fully saturated rings. The van der Waals surface area contributed by atoms with Gasteiger partial charge in [-0.25, -0.2) is 9.59 Å². The number of carbonyl (C=O) groups excluding carboxylic acids is 1. The van der Waals surface area contributed by atoms with Crippen LogP contribution in [0.5, 0.6) is 0 Å². The predicted octanol–water partition coefficient (Wildman–Crippen LogP) is 1.27. The molecule has 0 spiro atoms. The highest BCUT2D eigenvalue weighted by atomic mass is 16.6. The van der Waals surface area contributed by atoms with Gasteiger partial charge in [0.05, 0.1) is 0 Å². The summed E-state index contributed by atoms with van der Waals surface area (Å²) in [6.07, 6.45) is 3.83. The van der Waals surface area contributed by atoms with E-state index < -0.39 is 18.1 Å². The van der Waals surface area contributed by atoms with Crippen LogP contribution >= 0.6 is 0 Å². The Bertz CT molecular complexity index is 435. The van der Waals surface area contributed by atoms with E-state index in [9.17, 15) is 9.59 Å². The normalized spacial score (nSPS) is 18.7. The van der Waals surface area contributed by atoms with E-state index in [2.05, 4.69) is 4.98 Å². The average Bonchev–Trinajstić information content (AvgIpc) is 2.86. The smallest absolute Gasteiger partial charge is 0.410 e. The summed E-state index contributed by atoms with van der Waals surface area (Å²) in [4.78, 5) is 27.9. The molecule has 6 nitrogen and oxygen atoms in total. The van der Waals surface area contributed by atoms with E-state index in [-0.39, 0.29) is 6.61 Å². The molecule has 1 amide bonds. The van der Waals surface area contributed by atoms with Crippen molar-refractivity contribution in [2.75, 3.05) is 6.54 Å². The number of hydrogen-bond acceptors (Lipinski definition) is 4. The van der Waals surface area contributed by atoms with Crippen molar-refractivity contribution >= 4 is 12.1 Å². The SMILES string of the molecule is O=C(O)C1CCCN1C(=O)OCc1cccnc1. The van der Waals surface area contributed by atoms with Crippen LogP contribution in [0.15, 0.2) is 24.5 Å². The van der Waals surface area contributed by atoms with E-state index in [1.807, 2.05) is 0 Å². The van der Waals surface area contributed by atoms with Gasteiger partial charge < -0.3 is 9.84 Å². The molecule has 1 aliphatic rings. The lowest BCUT2D eigenvalue weighted by Crippen LogP contribution is -2.40. The summed E-state index contributed by atoms with van der Waals surface area (Å²) in [5, 5.41) is 8.96. The van der Waals surface area contributed by atoms with Gasteiger partial charge in [0.15, 0.2) is 0 Å². The topological polar surface area (TPSA) is 79.7 Å². The molecular formula is C12H14N2O4. The fraction of sp³-hybridized carbons (Fsp3) is 0.417. The second kappa shape index (κ2) is 5.48. The summed E-state index contributed by atoms with van der Waals surface area (Å²) >= 11 is 0. The van der Waals surface area contributed by atoms with Crippen LogP contribution in [0.4, 0.5) is 4.79 Å². The highest BCUT2D eigenvalue weighted by Gasteiger charge is 2.34. The zero-order valence-electron chi connectivity index (χ0n) is 9.78. The van der Waals surface area contributed by atoms with Crippen LogP contribution in [-0.4, -0.2) is 39.6 Å². The first-order chi connectivity index (χ1) is 8.68. The molecule has 0 aromatic carbocycles. The molecule has 0 saturated carbocycles. The van der Waals surface area contributed by atoms with Gasteiger partial charge >= 0.3 is 12.1 Å². The number of amides is 1. The lowest BCUT2D eigenvalue weighted by molar-refractivity contribution is -0.141. The summed E-state index contributed by atoms with van der Waals surface area (Å²) in [5.41, 5.74) is 0.775. The van der Waals surface area contributed by atoms with Crippen molar-refractivity contribution in [1.29, 1.82) is 0 Å². The lowest BCUT2D eigenvalue weighted by Gasteiger charge is -2.20. The number of pyridine rings is 1. The van der Waals surface area contributed by atoms with Gasteiger partial charge in [-0.15, -0.1) is 0 Å². The number of nitrogens with zero attached hydrogens (tertiary/aromatic N) is 2. The zero-order chi connectivity index (χ0) is 13.0. The summed E-state index contributed by atoms with van der Waals surface area (Å²) in [7, 11) is 0. The lowest BCUT2D eigenvalue weighted by atomic mass is 10.2. The van der Waals surface area contributed by atoms with Crippen LogP contribution in [-0.2, 0) is 16.1 Å². The molecule has 96 valence electrons. The van der Waals surface area contributed by atoms with Crippen LogP contribution in [0.3, 0.4) is 0 Å². The molecule has 18 heavy (non-hydrogen) atoms. The standard InChI is InChI=1S/C12H14N2O4/c15-11(16)10-4-2-6-14(10)12(17)18-8-9-3-1-5-13-7-9/h1,3,5,7,10H,2,4,6,8H2,(H,15,16). The fourth-order valence-corrected chi connectivity index (χ4v) is 1.95. The molecule has 1 aromatic rings. The van der Waals surface area contributed by atoms with Crippen LogP contribution in [0, 0.1) is 0 Å². The van der Waals surface area contributed by atoms with Gasteiger partial charge in [0.25, 0.3) is 0 Å². The Hall–Kier alpha value is -2.11. The summed E-state index contributed by atoms with van der Waals surface area (Å²) in [5.74, 6) is -0.981. The Labute approximate surface area is 104 Å². The molecule has 2 rings (SSSR count). The van der Waals surface area contributed by atoms with Crippen molar-refractivity contribution in [2.45, 2.75) is 25.5 Å². The molecule has 0 aliphatic carbocycles. The Balaban J connectivity index is 1.90. The van der Waals surface area contributed by atoms with Gasteiger partial charge in [-0.1, -0.05) is 6.07 Å². The Morgan fingerprint density at radius 1 is 1.56 bits per heavy atom. The predicted molar refractivity (Wildman–Crippen MR) is 61.8 cm³/mol. The van der Waals surface area contributed by atoms with Crippen LogP contribution in [0.2, 0.25) is 0 Å². The molecule has 1 N–H and O–H groups in total. The second-order valence-electron chi connectivity index (χ2n) is 4.11. The quantitative estimate of drug-likeness (QED) is 0.873. The van der Waals surface area contributed by atoms with E-state index in [1.165, 1.54) is 4.90 Å². The third-order valence-corrected chi connectivity index (χ3v) is 2.86. The first kappa shape index (κ1) is 12.3. The van der Waals surface area contributed by atoms with Crippen LogP contribution in [0.1, 0.15) is 18.4 Å². The number of hydrogen-bond donors (Lipinski definition) is 1. The molecule has 0 bridgehead atoms. The van der Waals surface area contributed by atoms with E-state index in [4.69, 9.17) is 9.84 Å². The number of rotatable bonds is 3. The third kappa shape index (κ3) is 2.77. The fourth-order valence-electron chi connectivity index (χ4n) is 1.95. The van der Waals surface area contributed by atoms with Crippen molar-refractivity contribution < 1.29 is 19.4 Å². The number of carbonyl (C=O) groups is 2. The summed E-state index contributed by atoms with van der Waals surface area (Å²) < 4.78 is 5.08. The van der Waals surface area contributed by atoms with Gasteiger partial charge in [0.1, 0.15) is 12.6 Å². The highest BCUT2D eigenvalue weighted by Crippen LogP contribution is 2.18. The number of aromatic nitrogens is 1. The zero-order valence-corrected chi connectivity index (χ0v) is 9.78. The number of aliphatic carboxylic acids is 1. The summed E-state index contributed by atoms with van der Waals surface area (Å²) in [6, 6.07) is 2.78. The highest BCUT2D eigenvalue weighted by molar-refractivity contribution is 5.80. The number of ether oxygens (including phenoxy) is 1. The summed E-state index contributed by atoms with van der Waals surface area (Å²) in [6.45, 7) is 0.540. The van der Waals surface area contributed by atoms with Gasteiger partial charge in [0, 0.05) is 24.5 Å². The van der Waals surface area contributed by atoms with Gasteiger partial charge in [-0.3, -0.25) is 9.88 Å². The Morgan fingerprint density at radius 2 is 2.39 bits per heavy atom. The maximum absolute atomic E-state index is 11.8. The largest absolute Gasteiger partial charge is 0.480 e. The van der Waals surface area contributed by atoms with Crippen LogP contribution < -0.4 is 0 Å². The van der Waals surface area contributed by atoms with Crippen molar-refractivity contribution in [3.05, 3.63) is 30.1 Å². The van der Waals surface area contributed by atoms with E-state index >= 15 is 0 Å². The third-order valence-electron chi connectivity index (χ3n) is 2.86. The Morgan fingerprint density at radius 3 is 3.06 bits per heavy atom. The van der Waals surface area contributed by atoms with Gasteiger partial charge in [0.2, 0.25) is 0 Å². The first-order valence-corrected chi connectivity index (χ1v) is 5.73. The molecule has 1 atom stereocenters. The molecule has 1 aliphatic heterocycles. The molecule has 1 saturated heterocycles. The number of likely N-dealkylation sites (tertiary alicyclic amines) is 1. The van der Waals surface area contributed by atoms with Gasteiger partial charge in [-0.2, -0.15) is 0 Å². The second-order valence-corrected chi connectivity index (χ2v) is 4.11. The van der Waals surface area contributed by atoms with E-state index in [0.29, 0.717) is 19.4 Å². The molecule has 0 radical (unpaired) electrons. The van der Waals surface area contributed by atoms with Crippen LogP contribution in [0.25, 0.3) is 0 Å². The number of carboxylic acids is 1. The Kier molecular flexibility index (Phi) is 3.76. The van der Waals surface area contributed by atoms with Gasteiger partial charge in [-0.05, 0) is 18.9 Å². The number of carboxylic acid groups (broad SMARTS) is 1. The molecule has 6 heteroatoms. The van der Waals surface area contributed by atoms with E-state index in [0.717, 1.165) is 5.56 Å². The maximum atomic E-state index is 11.8. The van der Waals surface area contributed by atoms with Crippen molar-refractivity contribution in [2.24, 2.45) is 0 Å². The molecule has 1 aromatic heterocycles. The molecule has 2 heterocycles. The minimum absolute atomic E-state index is 0.107. The van der Waals surface area contributed by atoms with Crippen molar-refractivity contribution in [1.82, 2.24) is 9.88 Å². The van der Waals surface area contributed by atoms with E-state index in [1.54, 1.807) is 24.5 Å². The minimum atomic E-state index is -0.981. The van der Waals surface area contributed by atoms with Crippen molar-refractivity contribution in [3.8, 4) is 0 Å². The first-order valence-electron chi connectivity index (χ1n) is 5.73. The van der Waals surface area contributed by atoms with Crippen molar-refractivity contribution in [3.63, 3.8) is 0 Å². The molecule has 1 unspecified atom stereocenters. The average molecular weight is 250 g/mol. The molecular weight excluding hydrogens is 236 g/mol. The monoisotopic (exact) mass is 250 g/mol.